The van der Waals surface area contributed by atoms with Gasteiger partial charge in [-0.15, -0.1) is 0 Å². The molecule has 0 aliphatic heterocycles. The van der Waals surface area contributed by atoms with E-state index in [1.54, 1.807) is 6.07 Å². The molecule has 0 unspecified atom stereocenters. The van der Waals surface area contributed by atoms with E-state index < -0.39 is 37.8 Å². The van der Waals surface area contributed by atoms with E-state index in [2.05, 4.69) is 25.0 Å². The molecule has 13 heteroatoms. The van der Waals surface area contributed by atoms with E-state index in [0.29, 0.717) is 16.9 Å². The fourth-order valence-electron chi connectivity index (χ4n) is 3.29. The number of nitrogens with zero attached hydrogens (tertiary/aromatic N) is 3. The molecule has 0 bridgehead atoms. The number of halogens is 3. The average Bonchev–Trinajstić information content (AvgIpc) is 2.84. The Kier molecular flexibility index (Phi) is 6.96. The van der Waals surface area contributed by atoms with Crippen LogP contribution < -0.4 is 14.8 Å². The van der Waals surface area contributed by atoms with E-state index in [1.165, 1.54) is 31.6 Å². The van der Waals surface area contributed by atoms with Crippen molar-refractivity contribution in [1.29, 1.82) is 0 Å². The molecule has 9 nitrogen and oxygen atoms in total. The molecule has 2 heterocycles. The lowest BCUT2D eigenvalue weighted by Crippen LogP contribution is -2.16. The SMILES string of the molecule is COc1ncc(Cl)cc1S(=O)(=O)Nc1ccc(F)c(-c2ccc3nc(NCCO)ncc3c2)c1F. The summed E-state index contributed by atoms with van der Waals surface area (Å²) in [4.78, 5) is 11.8. The Balaban J connectivity index is 1.73. The third-order valence-electron chi connectivity index (χ3n) is 4.87. The zero-order chi connectivity index (χ0) is 25.2. The van der Waals surface area contributed by atoms with Crippen LogP contribution in [0.2, 0.25) is 5.02 Å². The van der Waals surface area contributed by atoms with E-state index >= 15 is 4.39 Å². The van der Waals surface area contributed by atoms with Crippen molar-refractivity contribution in [3.8, 4) is 17.0 Å². The number of hydrogen-bond acceptors (Lipinski definition) is 8. The van der Waals surface area contributed by atoms with Crippen molar-refractivity contribution < 1.29 is 27.0 Å². The van der Waals surface area contributed by atoms with Crippen LogP contribution in [0, 0.1) is 11.6 Å². The Morgan fingerprint density at radius 1 is 1.11 bits per heavy atom. The third kappa shape index (κ3) is 5.09. The zero-order valence-electron chi connectivity index (χ0n) is 18.1. The first-order valence-corrected chi connectivity index (χ1v) is 11.9. The van der Waals surface area contributed by atoms with Gasteiger partial charge in [-0.1, -0.05) is 17.7 Å². The lowest BCUT2D eigenvalue weighted by molar-refractivity contribution is 0.311. The number of fused-ring (bicyclic) bond motifs is 1. The smallest absolute Gasteiger partial charge is 0.267 e. The maximum Gasteiger partial charge on any atom is 0.267 e. The number of aliphatic hydroxyl groups is 1. The molecule has 0 spiro atoms. The first-order valence-electron chi connectivity index (χ1n) is 10.1. The van der Waals surface area contributed by atoms with Gasteiger partial charge in [0.1, 0.15) is 5.82 Å². The van der Waals surface area contributed by atoms with E-state index in [4.69, 9.17) is 21.4 Å². The van der Waals surface area contributed by atoms with Gasteiger partial charge in [-0.2, -0.15) is 0 Å². The third-order valence-corrected chi connectivity index (χ3v) is 6.43. The molecule has 35 heavy (non-hydrogen) atoms. The number of anilines is 2. The standard InChI is InChI=1S/C22H18ClF2N5O4S/c1-34-21-18(9-14(23)11-27-21)35(32,33)30-17-5-3-15(24)19(20(17)25)12-2-4-16-13(8-12)10-28-22(29-16)26-6-7-31/h2-5,8-11,30-31H,6-7H2,1H3,(H,26,28,29). The van der Waals surface area contributed by atoms with Crippen LogP contribution in [-0.4, -0.2) is 48.7 Å². The molecule has 0 radical (unpaired) electrons. The number of aromatic nitrogens is 3. The van der Waals surface area contributed by atoms with Crippen LogP contribution in [0.25, 0.3) is 22.0 Å². The average molecular weight is 522 g/mol. The van der Waals surface area contributed by atoms with Crippen molar-refractivity contribution >= 4 is 44.2 Å². The second-order valence-electron chi connectivity index (χ2n) is 7.17. The van der Waals surface area contributed by atoms with Gasteiger partial charge in [-0.05, 0) is 35.9 Å². The molecule has 4 rings (SSSR count). The first-order chi connectivity index (χ1) is 16.7. The molecular formula is C22H18ClF2N5O4S. The topological polar surface area (TPSA) is 126 Å². The number of pyridine rings is 1. The van der Waals surface area contributed by atoms with E-state index in [1.807, 2.05) is 0 Å². The summed E-state index contributed by atoms with van der Waals surface area (Å²) in [5.41, 5.74) is -0.272. The van der Waals surface area contributed by atoms with Crippen LogP contribution in [0.4, 0.5) is 20.4 Å². The van der Waals surface area contributed by atoms with E-state index in [9.17, 15) is 12.8 Å². The number of sulfonamides is 1. The number of nitrogens with one attached hydrogen (secondary N) is 2. The normalized spacial score (nSPS) is 11.5. The number of ether oxygens (including phenoxy) is 1. The molecule has 0 saturated heterocycles. The number of aliphatic hydroxyl groups excluding tert-OH is 1. The lowest BCUT2D eigenvalue weighted by atomic mass is 10.0. The van der Waals surface area contributed by atoms with Gasteiger partial charge in [0.15, 0.2) is 10.7 Å². The summed E-state index contributed by atoms with van der Waals surface area (Å²) in [6.45, 7) is 0.166. The number of methoxy groups -OCH3 is 1. The second kappa shape index (κ2) is 9.94. The highest BCUT2D eigenvalue weighted by atomic mass is 35.5. The van der Waals surface area contributed by atoms with Crippen LogP contribution in [-0.2, 0) is 10.0 Å². The van der Waals surface area contributed by atoms with Crippen LogP contribution in [0.15, 0.2) is 53.7 Å². The molecular weight excluding hydrogens is 504 g/mol. The maximum absolute atomic E-state index is 15.4. The Morgan fingerprint density at radius 2 is 1.91 bits per heavy atom. The molecule has 0 amide bonds. The van der Waals surface area contributed by atoms with Gasteiger partial charge in [0.25, 0.3) is 10.0 Å². The fourth-order valence-corrected chi connectivity index (χ4v) is 4.72. The molecule has 182 valence electrons. The van der Waals surface area contributed by atoms with Gasteiger partial charge in [-0.3, -0.25) is 4.72 Å². The largest absolute Gasteiger partial charge is 0.480 e. The van der Waals surface area contributed by atoms with Gasteiger partial charge in [-0.25, -0.2) is 32.2 Å². The zero-order valence-corrected chi connectivity index (χ0v) is 19.7. The fraction of sp³-hybridized carbons (Fsp3) is 0.136. The molecule has 0 fully saturated rings. The van der Waals surface area contributed by atoms with Crippen LogP contribution in [0.5, 0.6) is 5.88 Å². The second-order valence-corrected chi connectivity index (χ2v) is 9.26. The van der Waals surface area contributed by atoms with Gasteiger partial charge >= 0.3 is 0 Å². The predicted molar refractivity (Wildman–Crippen MR) is 127 cm³/mol. The molecule has 0 saturated carbocycles. The number of hydrogen-bond donors (Lipinski definition) is 3. The van der Waals surface area contributed by atoms with E-state index in [-0.39, 0.29) is 29.6 Å². The Labute approximate surface area is 203 Å². The van der Waals surface area contributed by atoms with E-state index in [0.717, 1.165) is 18.2 Å². The van der Waals surface area contributed by atoms with Crippen molar-refractivity contribution in [3.05, 3.63) is 65.4 Å². The van der Waals surface area contributed by atoms with Gasteiger partial charge < -0.3 is 15.2 Å². The molecule has 0 atom stereocenters. The summed E-state index contributed by atoms with van der Waals surface area (Å²) in [5.74, 6) is -1.97. The summed E-state index contributed by atoms with van der Waals surface area (Å²) in [6.07, 6.45) is 2.66. The molecule has 2 aromatic heterocycles. The predicted octanol–water partition coefficient (Wildman–Crippen LogP) is 3.84. The Hall–Kier alpha value is -3.61. The van der Waals surface area contributed by atoms with Crippen LogP contribution in [0.3, 0.4) is 0 Å². The number of rotatable bonds is 8. The maximum atomic E-state index is 15.4. The molecule has 4 aromatic rings. The van der Waals surface area contributed by atoms with Crippen LogP contribution >= 0.6 is 11.6 Å². The monoisotopic (exact) mass is 521 g/mol. The van der Waals surface area contributed by atoms with Gasteiger partial charge in [0.2, 0.25) is 11.8 Å². The summed E-state index contributed by atoms with van der Waals surface area (Å²) >= 11 is 5.86. The first kappa shape index (κ1) is 24.5. The molecule has 2 aromatic carbocycles. The highest BCUT2D eigenvalue weighted by Gasteiger charge is 2.25. The minimum absolute atomic E-state index is 0.0274. The Bertz CT molecular complexity index is 1520. The van der Waals surface area contributed by atoms with Crippen molar-refractivity contribution in [2.24, 2.45) is 0 Å². The molecule has 3 N–H and O–H groups in total. The highest BCUT2D eigenvalue weighted by molar-refractivity contribution is 7.92. The van der Waals surface area contributed by atoms with Crippen molar-refractivity contribution in [3.63, 3.8) is 0 Å². The summed E-state index contributed by atoms with van der Waals surface area (Å²) in [7, 11) is -3.17. The quantitative estimate of drug-likeness (QED) is 0.319. The summed E-state index contributed by atoms with van der Waals surface area (Å²) in [6, 6.07) is 7.51. The Morgan fingerprint density at radius 3 is 2.66 bits per heavy atom. The molecule has 0 aliphatic rings. The minimum atomic E-state index is -4.39. The summed E-state index contributed by atoms with van der Waals surface area (Å²) in [5, 5.41) is 12.3. The van der Waals surface area contributed by atoms with Gasteiger partial charge in [0, 0.05) is 24.3 Å². The van der Waals surface area contributed by atoms with Crippen LogP contribution in [0.1, 0.15) is 0 Å². The van der Waals surface area contributed by atoms with Crippen molar-refractivity contribution in [2.75, 3.05) is 30.3 Å². The highest BCUT2D eigenvalue weighted by Crippen LogP contribution is 2.34. The number of benzene rings is 2. The van der Waals surface area contributed by atoms with Crippen molar-refractivity contribution in [2.45, 2.75) is 4.90 Å². The van der Waals surface area contributed by atoms with Gasteiger partial charge in [0.05, 0.1) is 35.5 Å². The minimum Gasteiger partial charge on any atom is -0.480 e. The molecule has 0 aliphatic carbocycles. The lowest BCUT2D eigenvalue weighted by Gasteiger charge is -2.14. The summed E-state index contributed by atoms with van der Waals surface area (Å²) < 4.78 is 63.0. The van der Waals surface area contributed by atoms with Crippen molar-refractivity contribution in [1.82, 2.24) is 15.0 Å².